The highest BCUT2D eigenvalue weighted by molar-refractivity contribution is 6.42. The fourth-order valence-electron chi connectivity index (χ4n) is 1.19. The van der Waals surface area contributed by atoms with Crippen molar-refractivity contribution in [3.05, 3.63) is 33.8 Å². The van der Waals surface area contributed by atoms with Crippen LogP contribution in [0.15, 0.2) is 18.2 Å². The molecule has 0 aliphatic heterocycles. The zero-order valence-corrected chi connectivity index (χ0v) is 9.35. The molecule has 0 saturated heterocycles. The van der Waals surface area contributed by atoms with Gasteiger partial charge in [-0.25, -0.2) is 0 Å². The van der Waals surface area contributed by atoms with Crippen LogP contribution in [0.3, 0.4) is 0 Å². The van der Waals surface area contributed by atoms with E-state index in [1.54, 1.807) is 19.2 Å². The van der Waals surface area contributed by atoms with Gasteiger partial charge in [0.1, 0.15) is 0 Å². The molecule has 0 saturated carbocycles. The van der Waals surface area contributed by atoms with Crippen LogP contribution in [0.25, 0.3) is 0 Å². The Morgan fingerprint density at radius 1 is 1.36 bits per heavy atom. The first-order valence-corrected chi connectivity index (χ1v) is 5.00. The monoisotopic (exact) mass is 234 g/mol. The van der Waals surface area contributed by atoms with Crippen molar-refractivity contribution in [3.8, 4) is 0 Å². The minimum absolute atomic E-state index is 0.320. The van der Waals surface area contributed by atoms with Crippen molar-refractivity contribution in [1.82, 2.24) is 0 Å². The fraction of sp³-hybridized carbons (Fsp3) is 0.400. The van der Waals surface area contributed by atoms with Crippen LogP contribution in [0.2, 0.25) is 10.0 Å². The van der Waals surface area contributed by atoms with E-state index < -0.39 is 6.10 Å². The van der Waals surface area contributed by atoms with E-state index in [0.717, 1.165) is 5.56 Å². The van der Waals surface area contributed by atoms with Gasteiger partial charge >= 0.3 is 0 Å². The molecule has 1 unspecified atom stereocenters. The maximum atomic E-state index is 9.46. The molecule has 0 aromatic heterocycles. The standard InChI is InChI=1S/C10H12Cl2O2/c1-14-6-8(13)4-7-2-3-9(11)10(12)5-7/h2-3,5,8,13H,4,6H2,1H3. The summed E-state index contributed by atoms with van der Waals surface area (Å²) in [4.78, 5) is 0. The zero-order chi connectivity index (χ0) is 10.6. The molecule has 1 N–H and O–H groups in total. The Kier molecular flexibility index (Phi) is 4.69. The quantitative estimate of drug-likeness (QED) is 0.868. The fourth-order valence-corrected chi connectivity index (χ4v) is 1.51. The van der Waals surface area contributed by atoms with Gasteiger partial charge in [0, 0.05) is 13.5 Å². The van der Waals surface area contributed by atoms with Gasteiger partial charge in [0.15, 0.2) is 0 Å². The van der Waals surface area contributed by atoms with E-state index in [9.17, 15) is 5.11 Å². The van der Waals surface area contributed by atoms with Crippen LogP contribution in [-0.2, 0) is 11.2 Å². The number of methoxy groups -OCH3 is 1. The number of hydrogen-bond donors (Lipinski definition) is 1. The van der Waals surface area contributed by atoms with Gasteiger partial charge in [-0.15, -0.1) is 0 Å². The second-order valence-electron chi connectivity index (χ2n) is 3.06. The molecule has 0 amide bonds. The molecule has 0 fully saturated rings. The van der Waals surface area contributed by atoms with E-state index in [-0.39, 0.29) is 0 Å². The summed E-state index contributed by atoms with van der Waals surface area (Å²) < 4.78 is 4.82. The Hall–Kier alpha value is -0.280. The zero-order valence-electron chi connectivity index (χ0n) is 7.84. The van der Waals surface area contributed by atoms with Crippen LogP contribution in [0.4, 0.5) is 0 Å². The van der Waals surface area contributed by atoms with E-state index in [1.165, 1.54) is 0 Å². The van der Waals surface area contributed by atoms with Crippen LogP contribution in [0, 0.1) is 0 Å². The first kappa shape index (κ1) is 11.8. The SMILES string of the molecule is COCC(O)Cc1ccc(Cl)c(Cl)c1. The lowest BCUT2D eigenvalue weighted by molar-refractivity contribution is 0.0650. The van der Waals surface area contributed by atoms with Crippen molar-refractivity contribution >= 4 is 23.2 Å². The maximum absolute atomic E-state index is 9.46. The number of hydrogen-bond acceptors (Lipinski definition) is 2. The Bertz CT molecular complexity index is 302. The molecular weight excluding hydrogens is 223 g/mol. The van der Waals surface area contributed by atoms with E-state index in [4.69, 9.17) is 27.9 Å². The van der Waals surface area contributed by atoms with Gasteiger partial charge in [-0.1, -0.05) is 29.3 Å². The van der Waals surface area contributed by atoms with Crippen LogP contribution in [0.1, 0.15) is 5.56 Å². The van der Waals surface area contributed by atoms with Crippen LogP contribution >= 0.6 is 23.2 Å². The molecule has 0 heterocycles. The minimum Gasteiger partial charge on any atom is -0.390 e. The molecule has 0 radical (unpaired) electrons. The van der Waals surface area contributed by atoms with Gasteiger partial charge in [-0.3, -0.25) is 0 Å². The molecule has 1 aromatic carbocycles. The van der Waals surface area contributed by atoms with Crippen LogP contribution in [0.5, 0.6) is 0 Å². The molecule has 0 aliphatic carbocycles. The predicted molar refractivity (Wildman–Crippen MR) is 58.0 cm³/mol. The van der Waals surface area contributed by atoms with Gasteiger partial charge < -0.3 is 9.84 Å². The lowest BCUT2D eigenvalue weighted by atomic mass is 10.1. The number of ether oxygens (including phenoxy) is 1. The highest BCUT2D eigenvalue weighted by Crippen LogP contribution is 2.23. The van der Waals surface area contributed by atoms with Gasteiger partial charge in [0.05, 0.1) is 22.8 Å². The summed E-state index contributed by atoms with van der Waals surface area (Å²) in [5.41, 5.74) is 0.948. The molecule has 4 heteroatoms. The van der Waals surface area contributed by atoms with Crippen molar-refractivity contribution in [2.45, 2.75) is 12.5 Å². The van der Waals surface area contributed by atoms with Crippen molar-refractivity contribution in [2.75, 3.05) is 13.7 Å². The molecule has 1 atom stereocenters. The minimum atomic E-state index is -0.503. The van der Waals surface area contributed by atoms with E-state index in [1.807, 2.05) is 6.07 Å². The van der Waals surface area contributed by atoms with Gasteiger partial charge in [-0.05, 0) is 17.7 Å². The third-order valence-electron chi connectivity index (χ3n) is 1.81. The maximum Gasteiger partial charge on any atom is 0.0813 e. The smallest absolute Gasteiger partial charge is 0.0813 e. The molecule has 14 heavy (non-hydrogen) atoms. The molecule has 0 spiro atoms. The second-order valence-corrected chi connectivity index (χ2v) is 3.88. The molecule has 1 aromatic rings. The largest absolute Gasteiger partial charge is 0.390 e. The lowest BCUT2D eigenvalue weighted by Crippen LogP contribution is -2.16. The first-order chi connectivity index (χ1) is 6.63. The van der Waals surface area contributed by atoms with Gasteiger partial charge in [-0.2, -0.15) is 0 Å². The Labute approximate surface area is 93.4 Å². The molecular formula is C10H12Cl2O2. The number of benzene rings is 1. The van der Waals surface area contributed by atoms with Crippen LogP contribution < -0.4 is 0 Å². The topological polar surface area (TPSA) is 29.5 Å². The number of aliphatic hydroxyl groups excluding tert-OH is 1. The van der Waals surface area contributed by atoms with Gasteiger partial charge in [0.25, 0.3) is 0 Å². The summed E-state index contributed by atoms with van der Waals surface area (Å²) in [6, 6.07) is 5.31. The second kappa shape index (κ2) is 5.56. The number of halogens is 2. The Balaban J connectivity index is 2.63. The average molecular weight is 235 g/mol. The summed E-state index contributed by atoms with van der Waals surface area (Å²) in [5.74, 6) is 0. The van der Waals surface area contributed by atoms with Crippen molar-refractivity contribution < 1.29 is 9.84 Å². The third kappa shape index (κ3) is 3.46. The van der Waals surface area contributed by atoms with Crippen LogP contribution in [-0.4, -0.2) is 24.9 Å². The number of rotatable bonds is 4. The number of aliphatic hydroxyl groups is 1. The first-order valence-electron chi connectivity index (χ1n) is 4.24. The average Bonchev–Trinajstić information content (AvgIpc) is 2.12. The summed E-state index contributed by atoms with van der Waals surface area (Å²) in [7, 11) is 1.55. The van der Waals surface area contributed by atoms with Gasteiger partial charge in [0.2, 0.25) is 0 Å². The van der Waals surface area contributed by atoms with Crippen molar-refractivity contribution in [3.63, 3.8) is 0 Å². The molecule has 2 nitrogen and oxygen atoms in total. The Morgan fingerprint density at radius 2 is 2.07 bits per heavy atom. The van der Waals surface area contributed by atoms with E-state index >= 15 is 0 Å². The van der Waals surface area contributed by atoms with Crippen molar-refractivity contribution in [2.24, 2.45) is 0 Å². The third-order valence-corrected chi connectivity index (χ3v) is 2.55. The summed E-state index contributed by atoms with van der Waals surface area (Å²) in [5, 5.41) is 10.5. The normalized spacial score (nSPS) is 12.9. The predicted octanol–water partition coefficient (Wildman–Crippen LogP) is 2.54. The highest BCUT2D eigenvalue weighted by Gasteiger charge is 2.06. The molecule has 0 bridgehead atoms. The highest BCUT2D eigenvalue weighted by atomic mass is 35.5. The summed E-state index contributed by atoms with van der Waals surface area (Å²) >= 11 is 11.6. The molecule has 78 valence electrons. The Morgan fingerprint density at radius 3 is 2.64 bits per heavy atom. The van der Waals surface area contributed by atoms with E-state index in [0.29, 0.717) is 23.1 Å². The molecule has 0 aliphatic rings. The lowest BCUT2D eigenvalue weighted by Gasteiger charge is -2.09. The van der Waals surface area contributed by atoms with E-state index in [2.05, 4.69) is 0 Å². The summed E-state index contributed by atoms with van der Waals surface area (Å²) in [6.07, 6.45) is 0.0160. The van der Waals surface area contributed by atoms with Crippen molar-refractivity contribution in [1.29, 1.82) is 0 Å². The summed E-state index contributed by atoms with van der Waals surface area (Å²) in [6.45, 7) is 0.320. The molecule has 1 rings (SSSR count).